The summed E-state index contributed by atoms with van der Waals surface area (Å²) in [5.74, 6) is 0.851. The number of hydrogen-bond acceptors (Lipinski definition) is 3. The van der Waals surface area contributed by atoms with E-state index in [0.717, 1.165) is 17.9 Å². The average molecular weight is 225 g/mol. The molecule has 0 radical (unpaired) electrons. The molecule has 0 saturated heterocycles. The van der Waals surface area contributed by atoms with Gasteiger partial charge in [0.05, 0.1) is 6.61 Å². The van der Waals surface area contributed by atoms with Gasteiger partial charge in [-0.2, -0.15) is 0 Å². The predicted octanol–water partition coefficient (Wildman–Crippen LogP) is 2.15. The first-order valence-corrected chi connectivity index (χ1v) is 5.69. The minimum absolute atomic E-state index is 0.0813. The molecule has 1 N–H and O–H groups in total. The molecule has 0 bridgehead atoms. The summed E-state index contributed by atoms with van der Waals surface area (Å²) in [6.45, 7) is 5.67. The van der Waals surface area contributed by atoms with Gasteiger partial charge in [-0.3, -0.25) is 0 Å². The normalized spacial score (nSPS) is 9.62. The summed E-state index contributed by atoms with van der Waals surface area (Å²) in [5.41, 5.74) is 0.907. The third-order valence-corrected chi connectivity index (χ3v) is 1.91. The Labute approximate surface area is 98.7 Å². The molecule has 3 heteroatoms. The van der Waals surface area contributed by atoms with E-state index >= 15 is 0 Å². The lowest BCUT2D eigenvalue weighted by Crippen LogP contribution is -2.19. The van der Waals surface area contributed by atoms with Gasteiger partial charge < -0.3 is 14.7 Å². The molecule has 0 amide bonds. The molecular formula is C13H23NO2. The molecule has 92 valence electrons. The van der Waals surface area contributed by atoms with Gasteiger partial charge in [-0.1, -0.05) is 26.0 Å². The first kappa shape index (κ1) is 14.9. The van der Waals surface area contributed by atoms with E-state index in [2.05, 4.69) is 4.90 Å². The number of aliphatic hydroxyl groups excluding tert-OH is 1. The molecule has 0 aromatic heterocycles. The minimum atomic E-state index is 0.0813. The summed E-state index contributed by atoms with van der Waals surface area (Å²) in [4.78, 5) is 2.07. The van der Waals surface area contributed by atoms with Crippen molar-refractivity contribution in [2.75, 3.05) is 27.2 Å². The van der Waals surface area contributed by atoms with Gasteiger partial charge in [-0.25, -0.2) is 0 Å². The highest BCUT2D eigenvalue weighted by molar-refractivity contribution is 5.26. The second-order valence-electron chi connectivity index (χ2n) is 3.45. The molecule has 0 heterocycles. The average Bonchev–Trinajstić information content (AvgIpc) is 2.32. The number of hydrogen-bond donors (Lipinski definition) is 1. The smallest absolute Gasteiger partial charge is 0.119 e. The van der Waals surface area contributed by atoms with Crippen molar-refractivity contribution in [2.24, 2.45) is 0 Å². The lowest BCUT2D eigenvalue weighted by Gasteiger charge is -2.10. The summed E-state index contributed by atoms with van der Waals surface area (Å²) in [6.07, 6.45) is 0. The predicted molar refractivity (Wildman–Crippen MR) is 67.8 cm³/mol. The van der Waals surface area contributed by atoms with Crippen molar-refractivity contribution < 1.29 is 9.84 Å². The largest absolute Gasteiger partial charge is 0.492 e. The molecule has 0 saturated carbocycles. The Hall–Kier alpha value is -1.06. The molecule has 0 fully saturated rings. The van der Waals surface area contributed by atoms with Crippen molar-refractivity contribution in [1.82, 2.24) is 4.90 Å². The van der Waals surface area contributed by atoms with Crippen LogP contribution in [-0.4, -0.2) is 37.3 Å². The molecule has 0 aliphatic rings. The third-order valence-electron chi connectivity index (χ3n) is 1.91. The van der Waals surface area contributed by atoms with Crippen molar-refractivity contribution in [2.45, 2.75) is 20.5 Å². The SMILES string of the molecule is CC.CN(C)CCOc1ccc(CO)cc1. The zero-order valence-electron chi connectivity index (χ0n) is 10.7. The van der Waals surface area contributed by atoms with Crippen LogP contribution in [0, 0.1) is 0 Å². The number of benzene rings is 1. The number of likely N-dealkylation sites (N-methyl/N-ethyl adjacent to an activating group) is 1. The zero-order chi connectivity index (χ0) is 12.4. The highest BCUT2D eigenvalue weighted by Gasteiger charge is 1.95. The van der Waals surface area contributed by atoms with Crippen molar-refractivity contribution >= 4 is 0 Å². The fraction of sp³-hybridized carbons (Fsp3) is 0.538. The van der Waals surface area contributed by atoms with Gasteiger partial charge in [0, 0.05) is 6.54 Å². The summed E-state index contributed by atoms with van der Waals surface area (Å²) >= 11 is 0. The second kappa shape index (κ2) is 9.19. The van der Waals surface area contributed by atoms with Crippen LogP contribution >= 0.6 is 0 Å². The maximum atomic E-state index is 8.83. The molecule has 1 aromatic carbocycles. The molecule has 16 heavy (non-hydrogen) atoms. The van der Waals surface area contributed by atoms with E-state index in [4.69, 9.17) is 9.84 Å². The van der Waals surface area contributed by atoms with Crippen LogP contribution in [0.15, 0.2) is 24.3 Å². The van der Waals surface area contributed by atoms with Crippen molar-refractivity contribution in [3.05, 3.63) is 29.8 Å². The van der Waals surface area contributed by atoms with Gasteiger partial charge in [-0.05, 0) is 31.8 Å². The molecule has 3 nitrogen and oxygen atoms in total. The molecular weight excluding hydrogens is 202 g/mol. The van der Waals surface area contributed by atoms with E-state index in [-0.39, 0.29) is 6.61 Å². The van der Waals surface area contributed by atoms with Gasteiger partial charge in [0.2, 0.25) is 0 Å². The summed E-state index contributed by atoms with van der Waals surface area (Å²) in [7, 11) is 4.02. The molecule has 0 aliphatic carbocycles. The van der Waals surface area contributed by atoms with Crippen LogP contribution in [-0.2, 0) is 6.61 Å². The van der Waals surface area contributed by atoms with E-state index < -0.39 is 0 Å². The van der Waals surface area contributed by atoms with E-state index in [9.17, 15) is 0 Å². The second-order valence-corrected chi connectivity index (χ2v) is 3.45. The van der Waals surface area contributed by atoms with Crippen LogP contribution < -0.4 is 4.74 Å². The number of nitrogens with zero attached hydrogens (tertiary/aromatic N) is 1. The lowest BCUT2D eigenvalue weighted by molar-refractivity contribution is 0.260. The Bertz CT molecular complexity index is 257. The van der Waals surface area contributed by atoms with Crippen LogP contribution in [0.25, 0.3) is 0 Å². The Kier molecular flexibility index (Phi) is 8.58. The summed E-state index contributed by atoms with van der Waals surface area (Å²) in [5, 5.41) is 8.83. The van der Waals surface area contributed by atoms with E-state index in [0.29, 0.717) is 6.61 Å². The van der Waals surface area contributed by atoms with Crippen molar-refractivity contribution in [1.29, 1.82) is 0 Å². The fourth-order valence-corrected chi connectivity index (χ4v) is 1.04. The highest BCUT2D eigenvalue weighted by atomic mass is 16.5. The third kappa shape index (κ3) is 6.43. The van der Waals surface area contributed by atoms with Gasteiger partial charge in [0.1, 0.15) is 12.4 Å². The molecule has 0 atom stereocenters. The quantitative estimate of drug-likeness (QED) is 0.833. The lowest BCUT2D eigenvalue weighted by atomic mass is 10.2. The van der Waals surface area contributed by atoms with Crippen molar-refractivity contribution in [3.63, 3.8) is 0 Å². The van der Waals surface area contributed by atoms with Gasteiger partial charge in [-0.15, -0.1) is 0 Å². The number of rotatable bonds is 5. The number of aliphatic hydroxyl groups is 1. The van der Waals surface area contributed by atoms with Crippen LogP contribution in [0.1, 0.15) is 19.4 Å². The molecule has 1 aromatic rings. The maximum absolute atomic E-state index is 8.83. The van der Waals surface area contributed by atoms with Crippen molar-refractivity contribution in [3.8, 4) is 5.75 Å². The Morgan fingerprint density at radius 1 is 1.12 bits per heavy atom. The van der Waals surface area contributed by atoms with E-state index in [1.807, 2.05) is 52.2 Å². The van der Waals surface area contributed by atoms with Crippen LogP contribution in [0.4, 0.5) is 0 Å². The zero-order valence-corrected chi connectivity index (χ0v) is 10.7. The fourth-order valence-electron chi connectivity index (χ4n) is 1.04. The summed E-state index contributed by atoms with van der Waals surface area (Å²) in [6, 6.07) is 7.48. The van der Waals surface area contributed by atoms with Gasteiger partial charge in [0.15, 0.2) is 0 Å². The minimum Gasteiger partial charge on any atom is -0.492 e. The first-order valence-electron chi connectivity index (χ1n) is 5.69. The Morgan fingerprint density at radius 3 is 2.12 bits per heavy atom. The van der Waals surface area contributed by atoms with Crippen LogP contribution in [0.5, 0.6) is 5.75 Å². The Morgan fingerprint density at radius 2 is 1.69 bits per heavy atom. The highest BCUT2D eigenvalue weighted by Crippen LogP contribution is 2.11. The van der Waals surface area contributed by atoms with Gasteiger partial charge >= 0.3 is 0 Å². The van der Waals surface area contributed by atoms with Crippen LogP contribution in [0.3, 0.4) is 0 Å². The standard InChI is InChI=1S/C11H17NO2.C2H6/c1-12(2)7-8-14-11-5-3-10(9-13)4-6-11;1-2/h3-6,13H,7-9H2,1-2H3;1-2H3. The molecule has 1 rings (SSSR count). The van der Waals surface area contributed by atoms with Crippen LogP contribution in [0.2, 0.25) is 0 Å². The van der Waals surface area contributed by atoms with E-state index in [1.54, 1.807) is 0 Å². The van der Waals surface area contributed by atoms with E-state index in [1.165, 1.54) is 0 Å². The maximum Gasteiger partial charge on any atom is 0.119 e. The molecule has 0 spiro atoms. The molecule has 0 aliphatic heterocycles. The monoisotopic (exact) mass is 225 g/mol. The Balaban J connectivity index is 0.00000106. The number of ether oxygens (including phenoxy) is 1. The van der Waals surface area contributed by atoms with Gasteiger partial charge in [0.25, 0.3) is 0 Å². The topological polar surface area (TPSA) is 32.7 Å². The molecule has 0 unspecified atom stereocenters. The first-order chi connectivity index (χ1) is 7.72. The summed E-state index contributed by atoms with van der Waals surface area (Å²) < 4.78 is 5.49.